The predicted molar refractivity (Wildman–Crippen MR) is 121 cm³/mol. The van der Waals surface area contributed by atoms with Crippen molar-refractivity contribution >= 4 is 23.4 Å². The molecule has 7 heteroatoms. The molecule has 0 spiro atoms. The Morgan fingerprint density at radius 2 is 1.94 bits per heavy atom. The number of nitriles is 1. The summed E-state index contributed by atoms with van der Waals surface area (Å²) in [6.07, 6.45) is 7.80. The third-order valence-corrected chi connectivity index (χ3v) is 7.90. The lowest BCUT2D eigenvalue weighted by Crippen LogP contribution is -2.58. The SMILES string of the molecule is [CH]NC1[C@@H]2CC3C[C@H]1CC(CNc1nc(NCc4ccccc4Cl)ncc1C#N)(C3)C2. The zero-order chi connectivity index (χ0) is 21.4. The van der Waals surface area contributed by atoms with Gasteiger partial charge in [-0.2, -0.15) is 10.2 Å². The van der Waals surface area contributed by atoms with Crippen molar-refractivity contribution < 1.29 is 0 Å². The molecule has 2 radical (unpaired) electrons. The normalized spacial score (nSPS) is 30.7. The fourth-order valence-corrected chi connectivity index (χ4v) is 6.65. The average Bonchev–Trinajstić information content (AvgIpc) is 2.77. The van der Waals surface area contributed by atoms with E-state index in [-0.39, 0.29) is 5.41 Å². The molecule has 6 nitrogen and oxygen atoms in total. The molecule has 3 unspecified atom stereocenters. The highest BCUT2D eigenvalue weighted by atomic mass is 35.5. The Balaban J connectivity index is 1.29. The van der Waals surface area contributed by atoms with Crippen molar-refractivity contribution in [1.82, 2.24) is 15.3 Å². The third-order valence-electron chi connectivity index (χ3n) is 7.53. The van der Waals surface area contributed by atoms with E-state index in [1.54, 1.807) is 6.20 Å². The van der Waals surface area contributed by atoms with Gasteiger partial charge in [-0.05, 0) is 66.9 Å². The Labute approximate surface area is 188 Å². The standard InChI is InChI=1S/C24H27ClN6/c1-27-21-17-6-15-7-18(21)10-24(8-15,9-17)14-30-22-19(11-26)13-29-23(31-22)28-12-16-4-2-3-5-20(16)25/h1-5,13,15,17-18,21,27H,6-10,12,14H2,(H2,28,29,30,31)/t15?,17-,18+,21?,24?. The van der Waals surface area contributed by atoms with Crippen LogP contribution in [0.3, 0.4) is 0 Å². The summed E-state index contributed by atoms with van der Waals surface area (Å²) in [5.74, 6) is 3.21. The van der Waals surface area contributed by atoms with Crippen LogP contribution in [0.2, 0.25) is 5.02 Å². The Kier molecular flexibility index (Phi) is 5.49. The first-order valence-corrected chi connectivity index (χ1v) is 11.4. The van der Waals surface area contributed by atoms with Gasteiger partial charge in [0.2, 0.25) is 5.95 Å². The minimum absolute atomic E-state index is 0.271. The second kappa shape index (κ2) is 8.29. The maximum absolute atomic E-state index is 9.55. The Morgan fingerprint density at radius 1 is 1.16 bits per heavy atom. The van der Waals surface area contributed by atoms with Gasteiger partial charge >= 0.3 is 0 Å². The van der Waals surface area contributed by atoms with Crippen LogP contribution in [0.15, 0.2) is 30.5 Å². The summed E-state index contributed by atoms with van der Waals surface area (Å²) in [4.78, 5) is 8.91. The molecule has 3 N–H and O–H groups in total. The van der Waals surface area contributed by atoms with Crippen LogP contribution in [-0.2, 0) is 6.54 Å². The first kappa shape index (κ1) is 20.5. The lowest BCUT2D eigenvalue weighted by Gasteiger charge is -2.60. The van der Waals surface area contributed by atoms with E-state index >= 15 is 0 Å². The topological polar surface area (TPSA) is 85.7 Å². The van der Waals surface area contributed by atoms with E-state index in [0.29, 0.717) is 46.8 Å². The Bertz CT molecular complexity index is 986. The monoisotopic (exact) mass is 434 g/mol. The predicted octanol–water partition coefficient (Wildman–Crippen LogP) is 4.48. The van der Waals surface area contributed by atoms with E-state index in [1.165, 1.54) is 32.1 Å². The van der Waals surface area contributed by atoms with E-state index in [2.05, 4.69) is 32.0 Å². The molecule has 4 saturated carbocycles. The molecular formula is C24H27ClN6. The zero-order valence-corrected chi connectivity index (χ0v) is 18.2. The second-order valence-electron chi connectivity index (χ2n) is 9.53. The molecule has 2 aromatic rings. The molecule has 6 rings (SSSR count). The van der Waals surface area contributed by atoms with Crippen molar-refractivity contribution in [2.24, 2.45) is 23.2 Å². The number of hydrogen-bond acceptors (Lipinski definition) is 6. The molecule has 4 fully saturated rings. The number of rotatable bonds is 7. The van der Waals surface area contributed by atoms with Crippen LogP contribution in [0.1, 0.15) is 43.2 Å². The van der Waals surface area contributed by atoms with Gasteiger partial charge in [0.05, 0.1) is 6.20 Å². The van der Waals surface area contributed by atoms with Gasteiger partial charge in [-0.25, -0.2) is 4.98 Å². The van der Waals surface area contributed by atoms with Crippen LogP contribution >= 0.6 is 11.6 Å². The number of benzene rings is 1. The van der Waals surface area contributed by atoms with E-state index in [1.807, 2.05) is 24.3 Å². The summed E-state index contributed by atoms with van der Waals surface area (Å²) in [6.45, 7) is 1.36. The molecule has 1 heterocycles. The largest absolute Gasteiger partial charge is 0.368 e. The minimum atomic E-state index is 0.271. The molecule has 4 bridgehead atoms. The summed E-state index contributed by atoms with van der Waals surface area (Å²) in [5.41, 5.74) is 1.71. The fourth-order valence-electron chi connectivity index (χ4n) is 6.45. The zero-order valence-electron chi connectivity index (χ0n) is 17.4. The third kappa shape index (κ3) is 3.97. The van der Waals surface area contributed by atoms with E-state index < -0.39 is 0 Å². The van der Waals surface area contributed by atoms with E-state index in [4.69, 9.17) is 18.6 Å². The molecule has 160 valence electrons. The van der Waals surface area contributed by atoms with E-state index in [0.717, 1.165) is 18.0 Å². The molecule has 31 heavy (non-hydrogen) atoms. The molecule has 0 amide bonds. The summed E-state index contributed by atoms with van der Waals surface area (Å²) >= 11 is 6.24. The van der Waals surface area contributed by atoms with Crippen molar-refractivity contribution in [3.8, 4) is 6.07 Å². The highest BCUT2D eigenvalue weighted by Crippen LogP contribution is 2.59. The van der Waals surface area contributed by atoms with Gasteiger partial charge in [-0.3, -0.25) is 0 Å². The summed E-state index contributed by atoms with van der Waals surface area (Å²) < 4.78 is 0. The minimum Gasteiger partial charge on any atom is -0.368 e. The number of nitrogens with zero attached hydrogens (tertiary/aromatic N) is 3. The van der Waals surface area contributed by atoms with Gasteiger partial charge in [-0.1, -0.05) is 29.8 Å². The van der Waals surface area contributed by atoms with Gasteiger partial charge in [0.25, 0.3) is 0 Å². The molecule has 1 aromatic carbocycles. The number of hydrogen-bond donors (Lipinski definition) is 3. The smallest absolute Gasteiger partial charge is 0.224 e. The van der Waals surface area contributed by atoms with Crippen LogP contribution in [0.5, 0.6) is 0 Å². The maximum Gasteiger partial charge on any atom is 0.224 e. The van der Waals surface area contributed by atoms with Crippen LogP contribution < -0.4 is 16.0 Å². The highest BCUT2D eigenvalue weighted by Gasteiger charge is 2.54. The van der Waals surface area contributed by atoms with Crippen molar-refractivity contribution in [2.75, 3.05) is 17.2 Å². The Hall–Kier alpha value is -2.36. The first-order chi connectivity index (χ1) is 15.1. The van der Waals surface area contributed by atoms with Crippen LogP contribution in [0, 0.1) is 41.5 Å². The first-order valence-electron chi connectivity index (χ1n) is 11.0. The average molecular weight is 435 g/mol. The number of halogens is 1. The summed E-state index contributed by atoms with van der Waals surface area (Å²) in [5, 5.41) is 20.1. The van der Waals surface area contributed by atoms with Gasteiger partial charge in [0.1, 0.15) is 17.5 Å². The van der Waals surface area contributed by atoms with Crippen molar-refractivity contribution in [2.45, 2.75) is 44.7 Å². The fraction of sp³-hybridized carbons (Fsp3) is 0.500. The summed E-state index contributed by atoms with van der Waals surface area (Å²) in [7, 11) is 5.86. The molecule has 0 aliphatic heterocycles. The molecular weight excluding hydrogens is 408 g/mol. The number of aromatic nitrogens is 2. The Morgan fingerprint density at radius 3 is 2.65 bits per heavy atom. The van der Waals surface area contributed by atoms with Gasteiger partial charge < -0.3 is 16.0 Å². The van der Waals surface area contributed by atoms with Crippen LogP contribution in [0.4, 0.5) is 11.8 Å². The van der Waals surface area contributed by atoms with Gasteiger partial charge in [0, 0.05) is 31.2 Å². The van der Waals surface area contributed by atoms with Gasteiger partial charge in [0.15, 0.2) is 0 Å². The molecule has 4 aliphatic carbocycles. The summed E-state index contributed by atoms with van der Waals surface area (Å²) in [6, 6.07) is 10.4. The van der Waals surface area contributed by atoms with E-state index in [9.17, 15) is 5.26 Å². The molecule has 1 aromatic heterocycles. The lowest BCUT2D eigenvalue weighted by atomic mass is 9.48. The second-order valence-corrected chi connectivity index (χ2v) is 9.94. The molecule has 4 aliphatic rings. The van der Waals surface area contributed by atoms with Crippen LogP contribution in [0.25, 0.3) is 0 Å². The molecule has 5 atom stereocenters. The number of anilines is 2. The van der Waals surface area contributed by atoms with Crippen LogP contribution in [-0.4, -0.2) is 22.6 Å². The van der Waals surface area contributed by atoms with Crippen molar-refractivity contribution in [3.63, 3.8) is 0 Å². The van der Waals surface area contributed by atoms with Crippen molar-refractivity contribution in [1.29, 1.82) is 5.26 Å². The highest BCUT2D eigenvalue weighted by molar-refractivity contribution is 6.31. The number of nitrogens with one attached hydrogen (secondary N) is 3. The molecule has 0 saturated heterocycles. The maximum atomic E-state index is 9.55. The van der Waals surface area contributed by atoms with Gasteiger partial charge in [-0.15, -0.1) is 0 Å². The quantitative estimate of drug-likeness (QED) is 0.557. The van der Waals surface area contributed by atoms with Crippen molar-refractivity contribution in [3.05, 3.63) is 53.7 Å². The lowest BCUT2D eigenvalue weighted by molar-refractivity contribution is -0.0662.